The Bertz CT molecular complexity index is 756. The van der Waals surface area contributed by atoms with Crippen LogP contribution in [0, 0.1) is 0 Å². The van der Waals surface area contributed by atoms with E-state index in [-0.39, 0.29) is 4.90 Å². The van der Waals surface area contributed by atoms with E-state index >= 15 is 0 Å². The van der Waals surface area contributed by atoms with E-state index < -0.39 is 10.0 Å². The first-order valence-corrected chi connectivity index (χ1v) is 8.43. The molecule has 0 radical (unpaired) electrons. The van der Waals surface area contributed by atoms with Gasteiger partial charge in [-0.25, -0.2) is 8.42 Å². The van der Waals surface area contributed by atoms with Crippen molar-refractivity contribution in [3.8, 4) is 0 Å². The topological polar surface area (TPSA) is 72.2 Å². The number of hydrogen-bond donors (Lipinski definition) is 2. The smallest absolute Gasteiger partial charge is 0.262 e. The van der Waals surface area contributed by atoms with Crippen LogP contribution < -0.4 is 10.5 Å². The van der Waals surface area contributed by atoms with Gasteiger partial charge in [-0.2, -0.15) is 0 Å². The predicted molar refractivity (Wildman–Crippen MR) is 87.5 cm³/mol. The summed E-state index contributed by atoms with van der Waals surface area (Å²) in [7, 11) is -3.76. The number of nitrogens with one attached hydrogen (secondary N) is 1. The second-order valence-electron chi connectivity index (χ2n) is 4.48. The standard InChI is InChI=1S/C14H14Cl2N2O2S/c1-2-9-3-4-12(17)8-14(9)21(19,20)18-13-6-10(15)5-11(16)7-13/h3-8,18H,2,17H2,1H3. The van der Waals surface area contributed by atoms with Crippen LogP contribution in [0.15, 0.2) is 41.3 Å². The molecule has 0 saturated carbocycles. The molecule has 0 atom stereocenters. The maximum Gasteiger partial charge on any atom is 0.262 e. The van der Waals surface area contributed by atoms with E-state index in [0.29, 0.717) is 33.4 Å². The van der Waals surface area contributed by atoms with E-state index in [1.165, 1.54) is 24.3 Å². The van der Waals surface area contributed by atoms with Gasteiger partial charge in [0, 0.05) is 15.7 Å². The molecule has 0 aliphatic carbocycles. The molecule has 3 N–H and O–H groups in total. The van der Waals surface area contributed by atoms with Crippen molar-refractivity contribution in [2.45, 2.75) is 18.2 Å². The SMILES string of the molecule is CCc1ccc(N)cc1S(=O)(=O)Nc1cc(Cl)cc(Cl)c1. The molecule has 7 heteroatoms. The zero-order valence-electron chi connectivity index (χ0n) is 11.2. The van der Waals surface area contributed by atoms with Gasteiger partial charge in [-0.05, 0) is 42.3 Å². The minimum absolute atomic E-state index is 0.154. The van der Waals surface area contributed by atoms with Gasteiger partial charge in [-0.1, -0.05) is 36.2 Å². The van der Waals surface area contributed by atoms with Crippen LogP contribution in [0.1, 0.15) is 12.5 Å². The Labute approximate surface area is 133 Å². The van der Waals surface area contributed by atoms with Crippen LogP contribution in [0.25, 0.3) is 0 Å². The molecule has 0 heterocycles. The van der Waals surface area contributed by atoms with Crippen molar-refractivity contribution in [1.29, 1.82) is 0 Å². The third-order valence-corrected chi connectivity index (χ3v) is 4.78. The molecule has 0 saturated heterocycles. The first kappa shape index (κ1) is 15.9. The normalized spacial score (nSPS) is 11.4. The fourth-order valence-electron chi connectivity index (χ4n) is 1.94. The molecule has 0 aliphatic rings. The summed E-state index contributed by atoms with van der Waals surface area (Å²) in [5.74, 6) is 0. The van der Waals surface area contributed by atoms with Crippen LogP contribution in [0.2, 0.25) is 10.0 Å². The van der Waals surface area contributed by atoms with Gasteiger partial charge in [0.15, 0.2) is 0 Å². The highest BCUT2D eigenvalue weighted by atomic mass is 35.5. The Morgan fingerprint density at radius 2 is 1.71 bits per heavy atom. The van der Waals surface area contributed by atoms with Crippen molar-refractivity contribution in [1.82, 2.24) is 0 Å². The summed E-state index contributed by atoms with van der Waals surface area (Å²) in [5.41, 5.74) is 7.06. The van der Waals surface area contributed by atoms with Crippen molar-refractivity contribution >= 4 is 44.6 Å². The third-order valence-electron chi connectivity index (χ3n) is 2.88. The number of nitrogens with two attached hydrogens (primary N) is 1. The second kappa shape index (κ2) is 6.13. The number of anilines is 2. The zero-order chi connectivity index (χ0) is 15.6. The maximum atomic E-state index is 12.5. The lowest BCUT2D eigenvalue weighted by Gasteiger charge is -2.12. The summed E-state index contributed by atoms with van der Waals surface area (Å²) in [6.45, 7) is 1.88. The quantitative estimate of drug-likeness (QED) is 0.825. The molecule has 0 bridgehead atoms. The molecule has 0 spiro atoms. The summed E-state index contributed by atoms with van der Waals surface area (Å²) in [5, 5.41) is 0.701. The molecule has 2 aromatic carbocycles. The first-order chi connectivity index (χ1) is 9.81. The highest BCUT2D eigenvalue weighted by Gasteiger charge is 2.18. The van der Waals surface area contributed by atoms with E-state index in [9.17, 15) is 8.42 Å². The van der Waals surface area contributed by atoms with E-state index in [1.807, 2.05) is 6.92 Å². The van der Waals surface area contributed by atoms with Crippen LogP contribution >= 0.6 is 23.2 Å². The zero-order valence-corrected chi connectivity index (χ0v) is 13.6. The van der Waals surface area contributed by atoms with Crippen molar-refractivity contribution in [3.63, 3.8) is 0 Å². The molecule has 2 rings (SSSR count). The molecule has 4 nitrogen and oxygen atoms in total. The van der Waals surface area contributed by atoms with Gasteiger partial charge >= 0.3 is 0 Å². The molecule has 0 aromatic heterocycles. The highest BCUT2D eigenvalue weighted by Crippen LogP contribution is 2.26. The maximum absolute atomic E-state index is 12.5. The lowest BCUT2D eigenvalue weighted by molar-refractivity contribution is 0.600. The minimum atomic E-state index is -3.76. The van der Waals surface area contributed by atoms with Crippen molar-refractivity contribution in [3.05, 3.63) is 52.0 Å². The lowest BCUT2D eigenvalue weighted by Crippen LogP contribution is -2.15. The van der Waals surface area contributed by atoms with Crippen molar-refractivity contribution in [2.24, 2.45) is 0 Å². The molecule has 0 unspecified atom stereocenters. The summed E-state index contributed by atoms with van der Waals surface area (Å²) >= 11 is 11.7. The molecule has 2 aromatic rings. The third kappa shape index (κ3) is 3.81. The van der Waals surface area contributed by atoms with Crippen molar-refractivity contribution < 1.29 is 8.42 Å². The van der Waals surface area contributed by atoms with Crippen LogP contribution in [-0.4, -0.2) is 8.42 Å². The Morgan fingerprint density at radius 3 is 2.29 bits per heavy atom. The fraction of sp³-hybridized carbons (Fsp3) is 0.143. The van der Waals surface area contributed by atoms with E-state index in [0.717, 1.165) is 0 Å². The molecule has 21 heavy (non-hydrogen) atoms. The van der Waals surface area contributed by atoms with Crippen molar-refractivity contribution in [2.75, 3.05) is 10.5 Å². The first-order valence-electron chi connectivity index (χ1n) is 6.19. The lowest BCUT2D eigenvalue weighted by atomic mass is 10.1. The number of halogens is 2. The number of nitrogen functional groups attached to an aromatic ring is 1. The largest absolute Gasteiger partial charge is 0.399 e. The van der Waals surface area contributed by atoms with Crippen LogP contribution in [0.4, 0.5) is 11.4 Å². The summed E-state index contributed by atoms with van der Waals surface area (Å²) < 4.78 is 27.5. The summed E-state index contributed by atoms with van der Waals surface area (Å²) in [6.07, 6.45) is 0.576. The number of rotatable bonds is 4. The minimum Gasteiger partial charge on any atom is -0.399 e. The highest BCUT2D eigenvalue weighted by molar-refractivity contribution is 7.92. The Kier molecular flexibility index (Phi) is 4.66. The molecule has 0 aliphatic heterocycles. The second-order valence-corrected chi connectivity index (χ2v) is 7.01. The number of hydrogen-bond acceptors (Lipinski definition) is 3. The summed E-state index contributed by atoms with van der Waals surface area (Å²) in [6, 6.07) is 9.32. The average Bonchev–Trinajstić information content (AvgIpc) is 2.36. The number of aryl methyl sites for hydroxylation is 1. The van der Waals surface area contributed by atoms with Crippen LogP contribution in [0.5, 0.6) is 0 Å². The molecular weight excluding hydrogens is 331 g/mol. The monoisotopic (exact) mass is 344 g/mol. The van der Waals surface area contributed by atoms with Gasteiger partial charge in [0.1, 0.15) is 0 Å². The molecule has 0 fully saturated rings. The Hall–Kier alpha value is -1.43. The Morgan fingerprint density at radius 1 is 1.10 bits per heavy atom. The van der Waals surface area contributed by atoms with Gasteiger partial charge in [0.25, 0.3) is 10.0 Å². The molecule has 112 valence electrons. The Balaban J connectivity index is 2.45. The predicted octanol–water partition coefficient (Wildman–Crippen LogP) is 3.94. The van der Waals surface area contributed by atoms with Crippen LogP contribution in [-0.2, 0) is 16.4 Å². The number of sulfonamides is 1. The fourth-order valence-corrected chi connectivity index (χ4v) is 3.85. The average molecular weight is 345 g/mol. The number of benzene rings is 2. The van der Waals surface area contributed by atoms with Gasteiger partial charge in [0.05, 0.1) is 10.6 Å². The van der Waals surface area contributed by atoms with E-state index in [2.05, 4.69) is 4.72 Å². The van der Waals surface area contributed by atoms with Gasteiger partial charge < -0.3 is 5.73 Å². The molecule has 0 amide bonds. The van der Waals surface area contributed by atoms with Gasteiger partial charge in [-0.15, -0.1) is 0 Å². The van der Waals surface area contributed by atoms with Gasteiger partial charge in [-0.3, -0.25) is 4.72 Å². The van der Waals surface area contributed by atoms with Gasteiger partial charge in [0.2, 0.25) is 0 Å². The molecular formula is C14H14Cl2N2O2S. The van der Waals surface area contributed by atoms with E-state index in [1.54, 1.807) is 12.1 Å². The van der Waals surface area contributed by atoms with Crippen LogP contribution in [0.3, 0.4) is 0 Å². The summed E-state index contributed by atoms with van der Waals surface area (Å²) in [4.78, 5) is 0.154. The van der Waals surface area contributed by atoms with E-state index in [4.69, 9.17) is 28.9 Å².